The number of benzene rings is 2. The van der Waals surface area contributed by atoms with E-state index >= 15 is 0 Å². The van der Waals surface area contributed by atoms with Crippen LogP contribution in [0.1, 0.15) is 18.4 Å². The number of halogens is 1. The summed E-state index contributed by atoms with van der Waals surface area (Å²) in [6, 6.07) is 16.8. The number of carbonyl (C=O) groups excluding carboxylic acids is 2. The van der Waals surface area contributed by atoms with Gasteiger partial charge in [-0.15, -0.1) is 0 Å². The molecule has 0 aliphatic carbocycles. The third kappa shape index (κ3) is 6.53. The first kappa shape index (κ1) is 17.0. The minimum absolute atomic E-state index is 0.123. The van der Waals surface area contributed by atoms with Gasteiger partial charge in [0.15, 0.2) is 0 Å². The monoisotopic (exact) mass is 330 g/mol. The summed E-state index contributed by atoms with van der Waals surface area (Å²) in [4.78, 5) is 23.5. The molecule has 0 saturated carbocycles. The van der Waals surface area contributed by atoms with Gasteiger partial charge in [0.25, 0.3) is 0 Å². The molecule has 2 amide bonds. The van der Waals surface area contributed by atoms with Crippen molar-refractivity contribution in [1.29, 1.82) is 0 Å². The second-order valence-electron chi connectivity index (χ2n) is 5.14. The molecule has 0 aliphatic heterocycles. The molecule has 0 saturated heterocycles. The maximum absolute atomic E-state index is 11.8. The normalized spacial score (nSPS) is 10.1. The fraction of sp³-hybridized carbons (Fsp3) is 0.222. The Morgan fingerprint density at radius 2 is 1.65 bits per heavy atom. The molecule has 0 aliphatic rings. The first-order valence-corrected chi connectivity index (χ1v) is 7.87. The lowest BCUT2D eigenvalue weighted by molar-refractivity contribution is -0.124. The Hall–Kier alpha value is -2.33. The first-order valence-electron chi connectivity index (χ1n) is 7.49. The van der Waals surface area contributed by atoms with Gasteiger partial charge in [-0.3, -0.25) is 9.59 Å². The molecule has 0 bridgehead atoms. The van der Waals surface area contributed by atoms with Crippen LogP contribution in [0.4, 0.5) is 5.69 Å². The topological polar surface area (TPSA) is 58.2 Å². The van der Waals surface area contributed by atoms with Crippen molar-refractivity contribution in [3.63, 3.8) is 0 Å². The number of carbonyl (C=O) groups is 2. The number of anilines is 1. The van der Waals surface area contributed by atoms with Crippen molar-refractivity contribution in [3.8, 4) is 0 Å². The van der Waals surface area contributed by atoms with E-state index in [1.807, 2.05) is 30.3 Å². The predicted molar refractivity (Wildman–Crippen MR) is 92.5 cm³/mol. The van der Waals surface area contributed by atoms with Crippen molar-refractivity contribution >= 4 is 29.1 Å². The van der Waals surface area contributed by atoms with E-state index in [1.165, 1.54) is 5.56 Å². The van der Waals surface area contributed by atoms with Gasteiger partial charge in [-0.25, -0.2) is 0 Å². The molecule has 2 N–H and O–H groups in total. The molecule has 2 aromatic carbocycles. The van der Waals surface area contributed by atoms with Gasteiger partial charge >= 0.3 is 0 Å². The summed E-state index contributed by atoms with van der Waals surface area (Å²) < 4.78 is 0. The van der Waals surface area contributed by atoms with Crippen molar-refractivity contribution < 1.29 is 9.59 Å². The largest absolute Gasteiger partial charge is 0.356 e. The standard InChI is InChI=1S/C18H19ClN2O2/c19-15-7-4-8-16(13-15)21-18(23)10-9-17(22)20-12-11-14-5-2-1-3-6-14/h1-8,13H,9-12H2,(H,20,22)(H,21,23). The van der Waals surface area contributed by atoms with Gasteiger partial charge in [0, 0.05) is 30.1 Å². The average molecular weight is 331 g/mol. The van der Waals surface area contributed by atoms with E-state index < -0.39 is 0 Å². The molecule has 0 atom stereocenters. The van der Waals surface area contributed by atoms with Crippen LogP contribution in [0.3, 0.4) is 0 Å². The number of hydrogen-bond acceptors (Lipinski definition) is 2. The van der Waals surface area contributed by atoms with E-state index in [1.54, 1.807) is 24.3 Å². The molecular formula is C18H19ClN2O2. The molecule has 0 spiro atoms. The maximum atomic E-state index is 11.8. The first-order chi connectivity index (χ1) is 11.1. The quantitative estimate of drug-likeness (QED) is 0.817. The molecule has 5 heteroatoms. The Morgan fingerprint density at radius 3 is 2.39 bits per heavy atom. The summed E-state index contributed by atoms with van der Waals surface area (Å²) in [6.07, 6.45) is 1.09. The summed E-state index contributed by atoms with van der Waals surface area (Å²) in [5.74, 6) is -0.326. The van der Waals surface area contributed by atoms with Crippen LogP contribution >= 0.6 is 11.6 Å². The lowest BCUT2D eigenvalue weighted by Gasteiger charge is -2.07. The van der Waals surface area contributed by atoms with Crippen LogP contribution in [0, 0.1) is 0 Å². The smallest absolute Gasteiger partial charge is 0.224 e. The second-order valence-corrected chi connectivity index (χ2v) is 5.58. The van der Waals surface area contributed by atoms with Crippen LogP contribution < -0.4 is 10.6 Å². The number of nitrogens with one attached hydrogen (secondary N) is 2. The summed E-state index contributed by atoms with van der Waals surface area (Å²) in [5, 5.41) is 6.09. The Morgan fingerprint density at radius 1 is 0.913 bits per heavy atom. The molecule has 2 rings (SSSR count). The molecule has 120 valence electrons. The van der Waals surface area contributed by atoms with Gasteiger partial charge in [0.2, 0.25) is 11.8 Å². The second kappa shape index (κ2) is 8.96. The highest BCUT2D eigenvalue weighted by atomic mass is 35.5. The van der Waals surface area contributed by atoms with Crippen LogP contribution in [0.15, 0.2) is 54.6 Å². The minimum Gasteiger partial charge on any atom is -0.356 e. The van der Waals surface area contributed by atoms with Gasteiger partial charge in [-0.2, -0.15) is 0 Å². The van der Waals surface area contributed by atoms with Crippen molar-refractivity contribution in [2.45, 2.75) is 19.3 Å². The van der Waals surface area contributed by atoms with Gasteiger partial charge in [0.05, 0.1) is 0 Å². The summed E-state index contributed by atoms with van der Waals surface area (Å²) in [7, 11) is 0. The molecule has 0 heterocycles. The van der Waals surface area contributed by atoms with E-state index in [4.69, 9.17) is 11.6 Å². The van der Waals surface area contributed by atoms with Crippen molar-refractivity contribution in [2.24, 2.45) is 0 Å². The predicted octanol–water partition coefficient (Wildman–Crippen LogP) is 3.42. The van der Waals surface area contributed by atoms with Crippen molar-refractivity contribution in [1.82, 2.24) is 5.32 Å². The highest BCUT2D eigenvalue weighted by Gasteiger charge is 2.07. The lowest BCUT2D eigenvalue weighted by Crippen LogP contribution is -2.26. The fourth-order valence-corrected chi connectivity index (χ4v) is 2.29. The average Bonchev–Trinajstić information content (AvgIpc) is 2.54. The zero-order valence-electron chi connectivity index (χ0n) is 12.7. The van der Waals surface area contributed by atoms with Crippen molar-refractivity contribution in [3.05, 3.63) is 65.2 Å². The Kier molecular flexibility index (Phi) is 6.63. The number of rotatable bonds is 7. The highest BCUT2D eigenvalue weighted by Crippen LogP contribution is 2.15. The lowest BCUT2D eigenvalue weighted by atomic mass is 10.1. The molecule has 0 radical (unpaired) electrons. The van der Waals surface area contributed by atoms with Crippen LogP contribution in [0.5, 0.6) is 0 Å². The van der Waals surface area contributed by atoms with Gasteiger partial charge in [-0.05, 0) is 30.2 Å². The van der Waals surface area contributed by atoms with E-state index in [2.05, 4.69) is 10.6 Å². The minimum atomic E-state index is -0.203. The van der Waals surface area contributed by atoms with Gasteiger partial charge in [0.1, 0.15) is 0 Å². The van der Waals surface area contributed by atoms with Crippen LogP contribution in [0.2, 0.25) is 5.02 Å². The van der Waals surface area contributed by atoms with E-state index in [9.17, 15) is 9.59 Å². The van der Waals surface area contributed by atoms with E-state index in [0.717, 1.165) is 6.42 Å². The molecule has 0 unspecified atom stereocenters. The van der Waals surface area contributed by atoms with Crippen LogP contribution in [-0.4, -0.2) is 18.4 Å². The highest BCUT2D eigenvalue weighted by molar-refractivity contribution is 6.30. The van der Waals surface area contributed by atoms with Crippen LogP contribution in [0.25, 0.3) is 0 Å². The number of amides is 2. The van der Waals surface area contributed by atoms with E-state index in [-0.39, 0.29) is 24.7 Å². The zero-order chi connectivity index (χ0) is 16.5. The fourth-order valence-electron chi connectivity index (χ4n) is 2.10. The SMILES string of the molecule is O=C(CCC(=O)Nc1cccc(Cl)c1)NCCc1ccccc1. The van der Waals surface area contributed by atoms with Gasteiger partial charge in [-0.1, -0.05) is 48.0 Å². The molecular weight excluding hydrogens is 312 g/mol. The summed E-state index contributed by atoms with van der Waals surface area (Å²) in [5.41, 5.74) is 1.80. The zero-order valence-corrected chi connectivity index (χ0v) is 13.5. The maximum Gasteiger partial charge on any atom is 0.224 e. The van der Waals surface area contributed by atoms with E-state index in [0.29, 0.717) is 17.3 Å². The Balaban J connectivity index is 1.65. The Bertz CT molecular complexity index is 659. The summed E-state index contributed by atoms with van der Waals surface area (Å²) in [6.45, 7) is 0.568. The van der Waals surface area contributed by atoms with Crippen LogP contribution in [-0.2, 0) is 16.0 Å². The third-order valence-corrected chi connectivity index (χ3v) is 3.50. The molecule has 23 heavy (non-hydrogen) atoms. The summed E-state index contributed by atoms with van der Waals surface area (Å²) >= 11 is 5.85. The molecule has 2 aromatic rings. The van der Waals surface area contributed by atoms with Gasteiger partial charge < -0.3 is 10.6 Å². The third-order valence-electron chi connectivity index (χ3n) is 3.27. The molecule has 4 nitrogen and oxygen atoms in total. The molecule has 0 aromatic heterocycles. The molecule has 0 fully saturated rings. The number of hydrogen-bond donors (Lipinski definition) is 2. The van der Waals surface area contributed by atoms with Crippen molar-refractivity contribution in [2.75, 3.05) is 11.9 Å². The Labute approximate surface area is 140 Å².